The number of nitrogens with one attached hydrogen (secondary N) is 2. The van der Waals surface area contributed by atoms with Gasteiger partial charge in [-0.2, -0.15) is 0 Å². The van der Waals surface area contributed by atoms with Crippen LogP contribution in [-0.4, -0.2) is 33.4 Å². The van der Waals surface area contributed by atoms with E-state index in [2.05, 4.69) is 10.0 Å². The Hall–Kier alpha value is -2.71. The van der Waals surface area contributed by atoms with Crippen LogP contribution in [0.5, 0.6) is 0 Å². The molecule has 0 radical (unpaired) electrons. The first-order chi connectivity index (χ1) is 13.2. The molecule has 0 spiro atoms. The third-order valence-corrected chi connectivity index (χ3v) is 5.54. The van der Waals surface area contributed by atoms with Crippen molar-refractivity contribution in [3.8, 4) is 0 Å². The van der Waals surface area contributed by atoms with Crippen LogP contribution in [-0.2, 0) is 24.3 Å². The van der Waals surface area contributed by atoms with Crippen LogP contribution in [0.4, 0.5) is 5.69 Å². The maximum atomic E-state index is 12.1. The highest BCUT2D eigenvalue weighted by atomic mass is 32.2. The number of sulfonamides is 1. The fourth-order valence-corrected chi connectivity index (χ4v) is 3.53. The highest BCUT2D eigenvalue weighted by Crippen LogP contribution is 2.19. The summed E-state index contributed by atoms with van der Waals surface area (Å²) in [6.45, 7) is 5.05. The Kier molecular flexibility index (Phi) is 7.31. The predicted octanol–water partition coefficient (Wildman–Crippen LogP) is 2.46. The second-order valence-electron chi connectivity index (χ2n) is 6.44. The number of anilines is 1. The van der Waals surface area contributed by atoms with Crippen LogP contribution in [0.1, 0.15) is 23.1 Å². The summed E-state index contributed by atoms with van der Waals surface area (Å²) in [5.41, 5.74) is 3.45. The molecule has 0 heterocycles. The quantitative estimate of drug-likeness (QED) is 0.658. The summed E-state index contributed by atoms with van der Waals surface area (Å²) in [6.07, 6.45) is -0.179. The van der Waals surface area contributed by atoms with Gasteiger partial charge >= 0.3 is 5.97 Å². The fourth-order valence-electron chi connectivity index (χ4n) is 2.49. The molecule has 7 nitrogen and oxygen atoms in total. The topological polar surface area (TPSA) is 102 Å². The number of carbonyl (C=O) groups excluding carboxylic acids is 2. The lowest BCUT2D eigenvalue weighted by molar-refractivity contribution is -0.147. The standard InChI is InChI=1S/C20H24N2O5S/c1-14-7-9-17(10-8-14)28(25,26)21-12-11-19(24)27-13-18(23)22-20-15(2)5-4-6-16(20)3/h4-10,21H,11-13H2,1-3H3,(H,22,23). The van der Waals surface area contributed by atoms with Crippen molar-refractivity contribution >= 4 is 27.6 Å². The minimum absolute atomic E-state index is 0.117. The maximum Gasteiger partial charge on any atom is 0.307 e. The number of amides is 1. The molecule has 0 atom stereocenters. The number of ether oxygens (including phenoxy) is 1. The van der Waals surface area contributed by atoms with Crippen molar-refractivity contribution in [2.45, 2.75) is 32.1 Å². The summed E-state index contributed by atoms with van der Waals surface area (Å²) >= 11 is 0. The number of hydrogen-bond acceptors (Lipinski definition) is 5. The molecule has 0 aliphatic carbocycles. The zero-order chi connectivity index (χ0) is 20.7. The van der Waals surface area contributed by atoms with Crippen molar-refractivity contribution in [1.82, 2.24) is 4.72 Å². The zero-order valence-electron chi connectivity index (χ0n) is 16.1. The average Bonchev–Trinajstić information content (AvgIpc) is 2.63. The number of aryl methyl sites for hydroxylation is 3. The summed E-state index contributed by atoms with van der Waals surface area (Å²) in [5, 5.41) is 2.71. The van der Waals surface area contributed by atoms with E-state index in [9.17, 15) is 18.0 Å². The van der Waals surface area contributed by atoms with Crippen LogP contribution >= 0.6 is 0 Å². The van der Waals surface area contributed by atoms with Gasteiger partial charge in [-0.3, -0.25) is 9.59 Å². The Balaban J connectivity index is 1.76. The lowest BCUT2D eigenvalue weighted by atomic mass is 10.1. The van der Waals surface area contributed by atoms with Crippen LogP contribution in [0, 0.1) is 20.8 Å². The summed E-state index contributed by atoms with van der Waals surface area (Å²) in [4.78, 5) is 23.9. The number of benzene rings is 2. The van der Waals surface area contributed by atoms with Crippen LogP contribution < -0.4 is 10.0 Å². The summed E-state index contributed by atoms with van der Waals surface area (Å²) in [7, 11) is -3.69. The van der Waals surface area contributed by atoms with Gasteiger partial charge in [-0.15, -0.1) is 0 Å². The van der Waals surface area contributed by atoms with Gasteiger partial charge in [-0.25, -0.2) is 13.1 Å². The molecule has 0 aromatic heterocycles. The summed E-state index contributed by atoms with van der Waals surface area (Å²) in [5.74, 6) is -1.12. The van der Waals surface area contributed by atoms with Gasteiger partial charge in [-0.1, -0.05) is 35.9 Å². The molecule has 1 amide bonds. The molecule has 8 heteroatoms. The molecular formula is C20H24N2O5S. The molecule has 2 aromatic carbocycles. The van der Waals surface area contributed by atoms with Gasteiger partial charge in [0.1, 0.15) is 0 Å². The van der Waals surface area contributed by atoms with Crippen molar-refractivity contribution in [2.24, 2.45) is 0 Å². The molecule has 2 aromatic rings. The molecule has 2 rings (SSSR count). The third-order valence-electron chi connectivity index (χ3n) is 4.06. The third kappa shape index (κ3) is 6.17. The van der Waals surface area contributed by atoms with Crippen LogP contribution in [0.3, 0.4) is 0 Å². The molecule has 0 unspecified atom stereocenters. The number of hydrogen-bond donors (Lipinski definition) is 2. The van der Waals surface area contributed by atoms with E-state index in [4.69, 9.17) is 4.74 Å². The zero-order valence-corrected chi connectivity index (χ0v) is 16.9. The number of para-hydroxylation sites is 1. The molecule has 0 aliphatic heterocycles. The first kappa shape index (κ1) is 21.6. The number of carbonyl (C=O) groups is 2. The first-order valence-electron chi connectivity index (χ1n) is 8.77. The van der Waals surface area contributed by atoms with Crippen molar-refractivity contribution in [3.05, 3.63) is 59.2 Å². The molecule has 0 aliphatic rings. The van der Waals surface area contributed by atoms with E-state index >= 15 is 0 Å². The van der Waals surface area contributed by atoms with Gasteiger partial charge < -0.3 is 10.1 Å². The minimum Gasteiger partial charge on any atom is -0.456 e. The predicted molar refractivity (Wildman–Crippen MR) is 106 cm³/mol. The molecule has 0 saturated carbocycles. The Morgan fingerprint density at radius 3 is 2.18 bits per heavy atom. The molecule has 150 valence electrons. The van der Waals surface area contributed by atoms with Crippen molar-refractivity contribution in [2.75, 3.05) is 18.5 Å². The van der Waals surface area contributed by atoms with E-state index in [1.807, 2.05) is 39.0 Å². The van der Waals surface area contributed by atoms with Gasteiger partial charge in [0.15, 0.2) is 6.61 Å². The Morgan fingerprint density at radius 1 is 0.964 bits per heavy atom. The van der Waals surface area contributed by atoms with Crippen molar-refractivity contribution < 1.29 is 22.7 Å². The minimum atomic E-state index is -3.69. The molecule has 28 heavy (non-hydrogen) atoms. The molecule has 0 bridgehead atoms. The highest BCUT2D eigenvalue weighted by molar-refractivity contribution is 7.89. The van der Waals surface area contributed by atoms with Gasteiger partial charge in [0.05, 0.1) is 11.3 Å². The van der Waals surface area contributed by atoms with E-state index in [0.717, 1.165) is 16.7 Å². The Bertz CT molecular complexity index is 933. The van der Waals surface area contributed by atoms with E-state index in [1.54, 1.807) is 12.1 Å². The second-order valence-corrected chi connectivity index (χ2v) is 8.20. The Labute approximate surface area is 165 Å². The normalized spacial score (nSPS) is 11.1. The van der Waals surface area contributed by atoms with E-state index < -0.39 is 28.5 Å². The number of esters is 1. The molecular weight excluding hydrogens is 380 g/mol. The van der Waals surface area contributed by atoms with Crippen molar-refractivity contribution in [1.29, 1.82) is 0 Å². The Morgan fingerprint density at radius 2 is 1.57 bits per heavy atom. The number of rotatable bonds is 8. The lowest BCUT2D eigenvalue weighted by Gasteiger charge is -2.11. The van der Waals surface area contributed by atoms with E-state index in [0.29, 0.717) is 5.69 Å². The molecule has 2 N–H and O–H groups in total. The fraction of sp³-hybridized carbons (Fsp3) is 0.300. The molecule has 0 fully saturated rings. The van der Waals surface area contributed by atoms with Crippen LogP contribution in [0.25, 0.3) is 0 Å². The van der Waals surface area contributed by atoms with Crippen molar-refractivity contribution in [3.63, 3.8) is 0 Å². The van der Waals surface area contributed by atoms with Crippen LogP contribution in [0.15, 0.2) is 47.4 Å². The maximum absolute atomic E-state index is 12.1. The lowest BCUT2D eigenvalue weighted by Crippen LogP contribution is -2.28. The second kappa shape index (κ2) is 9.48. The summed E-state index contributed by atoms with van der Waals surface area (Å²) < 4.78 is 31.5. The van der Waals surface area contributed by atoms with E-state index in [1.165, 1.54) is 12.1 Å². The van der Waals surface area contributed by atoms with Gasteiger partial charge in [0, 0.05) is 12.2 Å². The summed E-state index contributed by atoms with van der Waals surface area (Å²) in [6, 6.07) is 12.0. The first-order valence-corrected chi connectivity index (χ1v) is 10.3. The van der Waals surface area contributed by atoms with Gasteiger partial charge in [-0.05, 0) is 44.0 Å². The van der Waals surface area contributed by atoms with Crippen LogP contribution in [0.2, 0.25) is 0 Å². The average molecular weight is 404 g/mol. The molecule has 0 saturated heterocycles. The van der Waals surface area contributed by atoms with Gasteiger partial charge in [0.25, 0.3) is 5.91 Å². The smallest absolute Gasteiger partial charge is 0.307 e. The monoisotopic (exact) mass is 404 g/mol. The van der Waals surface area contributed by atoms with Gasteiger partial charge in [0.2, 0.25) is 10.0 Å². The highest BCUT2D eigenvalue weighted by Gasteiger charge is 2.15. The SMILES string of the molecule is Cc1ccc(S(=O)(=O)NCCC(=O)OCC(=O)Nc2c(C)cccc2C)cc1. The largest absolute Gasteiger partial charge is 0.456 e. The van der Waals surface area contributed by atoms with E-state index in [-0.39, 0.29) is 17.9 Å².